The molecule has 2 aliphatic carbocycles. The minimum Gasteiger partial charge on any atom is -0.314 e. The number of aryl methyl sites for hydroxylation is 1. The summed E-state index contributed by atoms with van der Waals surface area (Å²) in [5.41, 5.74) is 1.87. The molecule has 0 bridgehead atoms. The van der Waals surface area contributed by atoms with Gasteiger partial charge in [-0.25, -0.2) is 0 Å². The molecule has 0 spiro atoms. The minimum absolute atomic E-state index is 0.447. The molecule has 2 fully saturated rings. The highest BCUT2D eigenvalue weighted by Crippen LogP contribution is 2.48. The SMILES string of the molecule is CCn1ncc(Br)c1C1CC(C)(C)CCC1CNC1CC1. The fraction of sp³-hybridized carbons (Fsp3) is 0.824. The van der Waals surface area contributed by atoms with Crippen molar-refractivity contribution in [2.45, 2.75) is 71.4 Å². The zero-order chi connectivity index (χ0) is 15.0. The molecule has 21 heavy (non-hydrogen) atoms. The number of rotatable bonds is 5. The molecule has 2 atom stereocenters. The summed E-state index contributed by atoms with van der Waals surface area (Å²) in [4.78, 5) is 0. The Kier molecular flexibility index (Phi) is 4.47. The third kappa shape index (κ3) is 3.53. The summed E-state index contributed by atoms with van der Waals surface area (Å²) in [6, 6.07) is 0.806. The summed E-state index contributed by atoms with van der Waals surface area (Å²) in [6.07, 6.45) is 8.68. The number of halogens is 1. The molecule has 4 heteroatoms. The molecule has 2 saturated carbocycles. The normalized spacial score (nSPS) is 28.8. The van der Waals surface area contributed by atoms with Crippen molar-refractivity contribution in [2.24, 2.45) is 11.3 Å². The summed E-state index contributed by atoms with van der Waals surface area (Å²) in [7, 11) is 0. The first-order valence-corrected chi connectivity index (χ1v) is 9.24. The van der Waals surface area contributed by atoms with E-state index in [0.717, 1.165) is 18.5 Å². The Morgan fingerprint density at radius 2 is 2.14 bits per heavy atom. The van der Waals surface area contributed by atoms with Crippen molar-refractivity contribution in [3.05, 3.63) is 16.4 Å². The molecule has 3 nitrogen and oxygen atoms in total. The molecule has 2 aliphatic rings. The van der Waals surface area contributed by atoms with E-state index in [4.69, 9.17) is 0 Å². The van der Waals surface area contributed by atoms with E-state index in [0.29, 0.717) is 11.3 Å². The van der Waals surface area contributed by atoms with Crippen molar-refractivity contribution in [1.82, 2.24) is 15.1 Å². The average molecular weight is 354 g/mol. The highest BCUT2D eigenvalue weighted by atomic mass is 79.9. The molecule has 0 amide bonds. The number of aromatic nitrogens is 2. The second-order valence-corrected chi connectivity index (χ2v) is 8.50. The maximum absolute atomic E-state index is 4.55. The Morgan fingerprint density at radius 3 is 2.81 bits per heavy atom. The van der Waals surface area contributed by atoms with Crippen LogP contribution in [0.3, 0.4) is 0 Å². The largest absolute Gasteiger partial charge is 0.314 e. The highest BCUT2D eigenvalue weighted by molar-refractivity contribution is 9.10. The molecule has 3 rings (SSSR count). The van der Waals surface area contributed by atoms with Gasteiger partial charge in [-0.1, -0.05) is 13.8 Å². The van der Waals surface area contributed by atoms with Crippen LogP contribution in [-0.4, -0.2) is 22.4 Å². The van der Waals surface area contributed by atoms with Crippen molar-refractivity contribution >= 4 is 15.9 Å². The van der Waals surface area contributed by atoms with E-state index in [1.165, 1.54) is 48.8 Å². The van der Waals surface area contributed by atoms with E-state index >= 15 is 0 Å². The molecule has 1 aromatic rings. The van der Waals surface area contributed by atoms with E-state index in [1.54, 1.807) is 0 Å². The first-order valence-electron chi connectivity index (χ1n) is 8.45. The zero-order valence-corrected chi connectivity index (χ0v) is 15.1. The lowest BCUT2D eigenvalue weighted by Gasteiger charge is -2.41. The smallest absolute Gasteiger partial charge is 0.0635 e. The van der Waals surface area contributed by atoms with Crippen LogP contribution < -0.4 is 5.32 Å². The first kappa shape index (κ1) is 15.5. The van der Waals surface area contributed by atoms with Crippen LogP contribution in [0.2, 0.25) is 0 Å². The molecule has 1 N–H and O–H groups in total. The molecule has 0 radical (unpaired) electrons. The lowest BCUT2D eigenvalue weighted by Crippen LogP contribution is -2.36. The Bertz CT molecular complexity index is 488. The summed E-state index contributed by atoms with van der Waals surface area (Å²) < 4.78 is 3.39. The molecular formula is C17H28BrN3. The Labute approximate surface area is 137 Å². The summed E-state index contributed by atoms with van der Waals surface area (Å²) >= 11 is 3.75. The Morgan fingerprint density at radius 1 is 1.38 bits per heavy atom. The fourth-order valence-electron chi connectivity index (χ4n) is 3.80. The van der Waals surface area contributed by atoms with Gasteiger partial charge in [-0.3, -0.25) is 4.68 Å². The van der Waals surface area contributed by atoms with E-state index in [9.17, 15) is 0 Å². The topological polar surface area (TPSA) is 29.9 Å². The van der Waals surface area contributed by atoms with Crippen LogP contribution in [-0.2, 0) is 6.54 Å². The van der Waals surface area contributed by atoms with Gasteiger partial charge >= 0.3 is 0 Å². The maximum atomic E-state index is 4.55. The van der Waals surface area contributed by atoms with Gasteiger partial charge in [-0.2, -0.15) is 5.10 Å². The number of nitrogens with zero attached hydrogens (tertiary/aromatic N) is 2. The van der Waals surface area contributed by atoms with Gasteiger partial charge in [0.2, 0.25) is 0 Å². The Balaban J connectivity index is 1.82. The number of hydrogen-bond acceptors (Lipinski definition) is 2. The van der Waals surface area contributed by atoms with Gasteiger partial charge in [0.25, 0.3) is 0 Å². The summed E-state index contributed by atoms with van der Waals surface area (Å²) in [5.74, 6) is 1.37. The fourth-order valence-corrected chi connectivity index (χ4v) is 4.39. The predicted molar refractivity (Wildman–Crippen MR) is 90.5 cm³/mol. The minimum atomic E-state index is 0.447. The average Bonchev–Trinajstić information content (AvgIpc) is 3.18. The molecule has 0 aromatic carbocycles. The lowest BCUT2D eigenvalue weighted by molar-refractivity contribution is 0.154. The summed E-state index contributed by atoms with van der Waals surface area (Å²) in [6.45, 7) is 9.16. The van der Waals surface area contributed by atoms with Crippen LogP contribution in [0, 0.1) is 11.3 Å². The lowest BCUT2D eigenvalue weighted by atomic mass is 9.66. The molecule has 0 aliphatic heterocycles. The van der Waals surface area contributed by atoms with Gasteiger partial charge < -0.3 is 5.32 Å². The van der Waals surface area contributed by atoms with E-state index in [-0.39, 0.29) is 0 Å². The van der Waals surface area contributed by atoms with Crippen LogP contribution in [0.4, 0.5) is 0 Å². The van der Waals surface area contributed by atoms with E-state index < -0.39 is 0 Å². The van der Waals surface area contributed by atoms with Gasteiger partial charge in [0.1, 0.15) is 0 Å². The molecule has 1 aromatic heterocycles. The van der Waals surface area contributed by atoms with Gasteiger partial charge in [0.05, 0.1) is 16.4 Å². The van der Waals surface area contributed by atoms with Gasteiger partial charge in [0.15, 0.2) is 0 Å². The second-order valence-electron chi connectivity index (χ2n) is 7.65. The summed E-state index contributed by atoms with van der Waals surface area (Å²) in [5, 5.41) is 8.31. The Hall–Kier alpha value is -0.350. The van der Waals surface area contributed by atoms with Crippen molar-refractivity contribution in [1.29, 1.82) is 0 Å². The highest BCUT2D eigenvalue weighted by Gasteiger charge is 2.38. The van der Waals surface area contributed by atoms with Crippen molar-refractivity contribution in [3.63, 3.8) is 0 Å². The van der Waals surface area contributed by atoms with Crippen LogP contribution in [0.15, 0.2) is 10.7 Å². The van der Waals surface area contributed by atoms with E-state index in [2.05, 4.69) is 51.8 Å². The van der Waals surface area contributed by atoms with Crippen LogP contribution in [0.1, 0.15) is 64.5 Å². The molecule has 118 valence electrons. The third-order valence-corrected chi connectivity index (χ3v) is 5.87. The standard InChI is InChI=1S/C17H28BrN3/c1-4-21-16(15(18)11-20-21)14-9-17(2,3)8-7-12(14)10-19-13-5-6-13/h11-14,19H,4-10H2,1-3H3. The van der Waals surface area contributed by atoms with Crippen molar-refractivity contribution in [3.8, 4) is 0 Å². The molecule has 1 heterocycles. The monoisotopic (exact) mass is 353 g/mol. The van der Waals surface area contributed by atoms with Crippen LogP contribution in [0.5, 0.6) is 0 Å². The van der Waals surface area contributed by atoms with Gasteiger partial charge in [-0.15, -0.1) is 0 Å². The van der Waals surface area contributed by atoms with Gasteiger partial charge in [-0.05, 0) is 72.8 Å². The number of hydrogen-bond donors (Lipinski definition) is 1. The van der Waals surface area contributed by atoms with Crippen molar-refractivity contribution in [2.75, 3.05) is 6.54 Å². The predicted octanol–water partition coefficient (Wildman–Crippen LogP) is 4.33. The van der Waals surface area contributed by atoms with Gasteiger partial charge in [0, 0.05) is 18.5 Å². The quantitative estimate of drug-likeness (QED) is 0.853. The van der Waals surface area contributed by atoms with E-state index in [1.807, 2.05) is 6.20 Å². The third-order valence-electron chi connectivity index (χ3n) is 5.26. The maximum Gasteiger partial charge on any atom is 0.0635 e. The zero-order valence-electron chi connectivity index (χ0n) is 13.5. The molecule has 0 saturated heterocycles. The molecule has 2 unspecified atom stereocenters. The van der Waals surface area contributed by atoms with Crippen molar-refractivity contribution < 1.29 is 0 Å². The van der Waals surface area contributed by atoms with Crippen LogP contribution >= 0.6 is 15.9 Å². The van der Waals surface area contributed by atoms with Crippen LogP contribution in [0.25, 0.3) is 0 Å². The first-order chi connectivity index (χ1) is 10.00. The second kappa shape index (κ2) is 6.04. The number of nitrogens with one attached hydrogen (secondary N) is 1. The molecular weight excluding hydrogens is 326 g/mol.